The van der Waals surface area contributed by atoms with Gasteiger partial charge in [0.05, 0.1) is 29.3 Å². The quantitative estimate of drug-likeness (QED) is 0.328. The second-order valence-electron chi connectivity index (χ2n) is 9.25. The standard InChI is InChI=1S/C26H28N4O7S2/c1-17-5-7-22(8-6-17)38(34,35)30-21(16-31)13-19-11-18(2)12-23(26(19)30)39(36,37)29(4)15-24(32)27-20-9-10-28(3)25(33)14-20/h5-14,31H,15-16H2,1-4H3,(H,27,32). The molecule has 0 radical (unpaired) electrons. The topological polar surface area (TPSA) is 148 Å². The van der Waals surface area contributed by atoms with Crippen LogP contribution in [-0.2, 0) is 38.5 Å². The SMILES string of the molecule is Cc1ccc(S(=O)(=O)n2c(CO)cc3cc(C)cc(S(=O)(=O)N(C)CC(=O)Nc4ccn(C)c(=O)c4)c32)cc1. The minimum absolute atomic E-state index is 0.0151. The molecule has 0 atom stereocenters. The number of hydrogen-bond donors (Lipinski definition) is 2. The Balaban J connectivity index is 1.80. The van der Waals surface area contributed by atoms with E-state index in [0.717, 1.165) is 13.8 Å². The van der Waals surface area contributed by atoms with Crippen LogP contribution in [0.3, 0.4) is 0 Å². The number of benzene rings is 2. The van der Waals surface area contributed by atoms with Gasteiger partial charge in [-0.25, -0.2) is 20.8 Å². The Morgan fingerprint density at radius 3 is 2.26 bits per heavy atom. The number of aliphatic hydroxyl groups is 1. The van der Waals surface area contributed by atoms with Crippen molar-refractivity contribution in [1.29, 1.82) is 0 Å². The Morgan fingerprint density at radius 2 is 1.64 bits per heavy atom. The van der Waals surface area contributed by atoms with Gasteiger partial charge in [0.1, 0.15) is 4.90 Å². The van der Waals surface area contributed by atoms with Gasteiger partial charge in [0.2, 0.25) is 15.9 Å². The third kappa shape index (κ3) is 5.39. The van der Waals surface area contributed by atoms with Crippen LogP contribution in [0.1, 0.15) is 16.8 Å². The summed E-state index contributed by atoms with van der Waals surface area (Å²) in [6.45, 7) is 2.20. The molecule has 4 rings (SSSR count). The third-order valence-electron chi connectivity index (χ3n) is 6.20. The highest BCUT2D eigenvalue weighted by molar-refractivity contribution is 7.90. The molecule has 1 amide bonds. The molecule has 0 unspecified atom stereocenters. The van der Waals surface area contributed by atoms with E-state index in [0.29, 0.717) is 10.9 Å². The molecule has 4 aromatic rings. The number of aliphatic hydroxyl groups excluding tert-OH is 1. The van der Waals surface area contributed by atoms with Crippen molar-refractivity contribution in [1.82, 2.24) is 12.8 Å². The largest absolute Gasteiger partial charge is 0.390 e. The number of amides is 1. The van der Waals surface area contributed by atoms with Crippen molar-refractivity contribution >= 4 is 42.5 Å². The lowest BCUT2D eigenvalue weighted by Crippen LogP contribution is -2.35. The van der Waals surface area contributed by atoms with Crippen molar-refractivity contribution in [2.75, 3.05) is 18.9 Å². The summed E-state index contributed by atoms with van der Waals surface area (Å²) in [7, 11) is -5.98. The maximum absolute atomic E-state index is 13.8. The van der Waals surface area contributed by atoms with Crippen LogP contribution in [0.25, 0.3) is 10.9 Å². The third-order valence-corrected chi connectivity index (χ3v) is 9.78. The minimum atomic E-state index is -4.42. The first-order valence-corrected chi connectivity index (χ1v) is 14.6. The molecule has 0 saturated carbocycles. The first-order valence-electron chi connectivity index (χ1n) is 11.8. The van der Waals surface area contributed by atoms with Crippen LogP contribution in [0, 0.1) is 13.8 Å². The van der Waals surface area contributed by atoms with Crippen molar-refractivity contribution in [3.63, 3.8) is 0 Å². The van der Waals surface area contributed by atoms with E-state index in [-0.39, 0.29) is 32.2 Å². The molecule has 13 heteroatoms. The van der Waals surface area contributed by atoms with Gasteiger partial charge >= 0.3 is 0 Å². The Labute approximate surface area is 226 Å². The molecule has 11 nitrogen and oxygen atoms in total. The zero-order chi connectivity index (χ0) is 28.7. The molecule has 2 aromatic heterocycles. The van der Waals surface area contributed by atoms with Gasteiger partial charge in [-0.2, -0.15) is 4.31 Å². The number of likely N-dealkylation sites (N-methyl/N-ethyl adjacent to an activating group) is 1. The van der Waals surface area contributed by atoms with E-state index in [1.165, 1.54) is 54.2 Å². The number of hydrogen-bond acceptors (Lipinski definition) is 7. The van der Waals surface area contributed by atoms with Crippen molar-refractivity contribution in [2.24, 2.45) is 7.05 Å². The highest BCUT2D eigenvalue weighted by Crippen LogP contribution is 2.33. The van der Waals surface area contributed by atoms with Gasteiger partial charge in [-0.15, -0.1) is 0 Å². The van der Waals surface area contributed by atoms with Crippen LogP contribution in [0.5, 0.6) is 0 Å². The Hall–Kier alpha value is -3.78. The number of aromatic nitrogens is 2. The zero-order valence-electron chi connectivity index (χ0n) is 21.7. The Bertz CT molecular complexity index is 1860. The van der Waals surface area contributed by atoms with Gasteiger partial charge in [-0.3, -0.25) is 9.59 Å². The van der Waals surface area contributed by atoms with Crippen molar-refractivity contribution < 1.29 is 26.7 Å². The molecule has 0 fully saturated rings. The fourth-order valence-electron chi connectivity index (χ4n) is 4.16. The van der Waals surface area contributed by atoms with Crippen LogP contribution in [0.15, 0.2) is 75.4 Å². The summed E-state index contributed by atoms with van der Waals surface area (Å²) in [5.74, 6) is -0.697. The lowest BCUT2D eigenvalue weighted by atomic mass is 10.2. The average molecular weight is 573 g/mol. The molecular weight excluding hydrogens is 544 g/mol. The molecule has 2 aromatic carbocycles. The van der Waals surface area contributed by atoms with Crippen LogP contribution >= 0.6 is 0 Å². The lowest BCUT2D eigenvalue weighted by molar-refractivity contribution is -0.116. The van der Waals surface area contributed by atoms with E-state index in [2.05, 4.69) is 5.32 Å². The Kier molecular flexibility index (Phi) is 7.54. The normalized spacial score (nSPS) is 12.3. The van der Waals surface area contributed by atoms with Crippen LogP contribution in [0.2, 0.25) is 0 Å². The number of nitrogens with one attached hydrogen (secondary N) is 1. The van der Waals surface area contributed by atoms with E-state index in [1.807, 2.05) is 0 Å². The van der Waals surface area contributed by atoms with Crippen molar-refractivity contribution in [3.05, 3.63) is 88.0 Å². The van der Waals surface area contributed by atoms with E-state index in [1.54, 1.807) is 39.1 Å². The van der Waals surface area contributed by atoms with Crippen LogP contribution in [-0.4, -0.2) is 54.3 Å². The molecule has 206 valence electrons. The number of fused-ring (bicyclic) bond motifs is 1. The van der Waals surface area contributed by atoms with Crippen molar-refractivity contribution in [2.45, 2.75) is 30.2 Å². The van der Waals surface area contributed by atoms with E-state index in [4.69, 9.17) is 0 Å². The molecule has 0 aliphatic heterocycles. The molecule has 0 saturated heterocycles. The Morgan fingerprint density at radius 1 is 0.974 bits per heavy atom. The van der Waals surface area contributed by atoms with Gasteiger partial charge in [-0.05, 0) is 55.8 Å². The van der Waals surface area contributed by atoms with Gasteiger partial charge in [0, 0.05) is 37.4 Å². The number of anilines is 1. The number of nitrogens with zero attached hydrogens (tertiary/aromatic N) is 3. The first-order chi connectivity index (χ1) is 18.2. The summed E-state index contributed by atoms with van der Waals surface area (Å²) in [6, 6.07) is 13.1. The summed E-state index contributed by atoms with van der Waals surface area (Å²) >= 11 is 0. The van der Waals surface area contributed by atoms with Gasteiger partial charge in [-0.1, -0.05) is 17.7 Å². The maximum atomic E-state index is 13.8. The van der Waals surface area contributed by atoms with Gasteiger partial charge < -0.3 is 15.0 Å². The average Bonchev–Trinajstić information content (AvgIpc) is 3.25. The van der Waals surface area contributed by atoms with E-state index >= 15 is 0 Å². The molecule has 0 aliphatic carbocycles. The zero-order valence-corrected chi connectivity index (χ0v) is 23.4. The molecule has 2 N–H and O–H groups in total. The molecule has 2 heterocycles. The van der Waals surface area contributed by atoms with E-state index < -0.39 is 39.1 Å². The van der Waals surface area contributed by atoms with Crippen LogP contribution in [0.4, 0.5) is 5.69 Å². The number of aryl methyl sites for hydroxylation is 3. The number of sulfonamides is 1. The second-order valence-corrected chi connectivity index (χ2v) is 13.1. The lowest BCUT2D eigenvalue weighted by Gasteiger charge is -2.19. The second kappa shape index (κ2) is 10.4. The van der Waals surface area contributed by atoms with Crippen molar-refractivity contribution in [3.8, 4) is 0 Å². The smallest absolute Gasteiger partial charge is 0.268 e. The predicted octanol–water partition coefficient (Wildman–Crippen LogP) is 1.95. The summed E-state index contributed by atoms with van der Waals surface area (Å²) in [4.78, 5) is 24.1. The summed E-state index contributed by atoms with van der Waals surface area (Å²) in [5, 5.41) is 12.8. The number of carbonyl (C=O) groups is 1. The number of carbonyl (C=O) groups excluding carboxylic acids is 1. The minimum Gasteiger partial charge on any atom is -0.390 e. The van der Waals surface area contributed by atoms with Crippen LogP contribution < -0.4 is 10.9 Å². The first kappa shape index (κ1) is 28.2. The molecule has 0 aliphatic rings. The molecule has 39 heavy (non-hydrogen) atoms. The molecule has 0 bridgehead atoms. The summed E-state index contributed by atoms with van der Waals surface area (Å²) < 4.78 is 57.9. The predicted molar refractivity (Wildman–Crippen MR) is 146 cm³/mol. The number of rotatable bonds is 8. The van der Waals surface area contributed by atoms with Gasteiger partial charge in [0.25, 0.3) is 15.6 Å². The van der Waals surface area contributed by atoms with E-state index in [9.17, 15) is 31.5 Å². The monoisotopic (exact) mass is 572 g/mol. The summed E-state index contributed by atoms with van der Waals surface area (Å²) in [5.41, 5.74) is 1.07. The fourth-order valence-corrected chi connectivity index (χ4v) is 7.18. The maximum Gasteiger partial charge on any atom is 0.268 e. The highest BCUT2D eigenvalue weighted by atomic mass is 32.2. The molecule has 0 spiro atoms. The summed E-state index contributed by atoms with van der Waals surface area (Å²) in [6.07, 6.45) is 1.46. The molecular formula is C26H28N4O7S2. The van der Waals surface area contributed by atoms with Gasteiger partial charge in [0.15, 0.2) is 0 Å². The highest BCUT2D eigenvalue weighted by Gasteiger charge is 2.31. The fraction of sp³-hybridized carbons (Fsp3) is 0.231. The number of pyridine rings is 1.